The van der Waals surface area contributed by atoms with Crippen LogP contribution in [0.15, 0.2) is 36.5 Å². The Balaban J connectivity index is 2.13. The van der Waals surface area contributed by atoms with Crippen LogP contribution in [0, 0.1) is 0 Å². The highest BCUT2D eigenvalue weighted by Gasteiger charge is 2.12. The molecular formula is C14H17F2N3. The monoisotopic (exact) mass is 265 g/mol. The maximum atomic E-state index is 12.5. The number of rotatable bonds is 6. The second-order valence-electron chi connectivity index (χ2n) is 4.45. The van der Waals surface area contributed by atoms with Gasteiger partial charge in [0.15, 0.2) is 0 Å². The zero-order valence-electron chi connectivity index (χ0n) is 10.6. The molecule has 0 aliphatic carbocycles. The lowest BCUT2D eigenvalue weighted by Crippen LogP contribution is -2.33. The highest BCUT2D eigenvalue weighted by molar-refractivity contribution is 5.78. The first kappa shape index (κ1) is 13.8. The van der Waals surface area contributed by atoms with Crippen LogP contribution < -0.4 is 5.73 Å². The van der Waals surface area contributed by atoms with Crippen molar-refractivity contribution in [3.8, 4) is 0 Å². The highest BCUT2D eigenvalue weighted by Crippen LogP contribution is 2.15. The largest absolute Gasteiger partial charge is 0.329 e. The average molecular weight is 265 g/mol. The summed E-state index contributed by atoms with van der Waals surface area (Å²) in [6.45, 7) is 1.08. The SMILES string of the molecule is NCCN(Cc1ccc2ncccc2c1)CC(F)F. The van der Waals surface area contributed by atoms with Crippen LogP contribution in [0.25, 0.3) is 10.9 Å². The number of hydrogen-bond acceptors (Lipinski definition) is 3. The predicted octanol–water partition coefficient (Wildman–Crippen LogP) is 2.26. The first-order chi connectivity index (χ1) is 9.19. The summed E-state index contributed by atoms with van der Waals surface area (Å²) in [5.41, 5.74) is 7.36. The Bertz CT molecular complexity index is 531. The van der Waals surface area contributed by atoms with E-state index in [2.05, 4.69) is 4.98 Å². The van der Waals surface area contributed by atoms with E-state index in [0.29, 0.717) is 19.6 Å². The number of pyridine rings is 1. The van der Waals surface area contributed by atoms with Crippen molar-refractivity contribution in [3.63, 3.8) is 0 Å². The van der Waals surface area contributed by atoms with Crippen molar-refractivity contribution in [1.82, 2.24) is 9.88 Å². The second-order valence-corrected chi connectivity index (χ2v) is 4.45. The van der Waals surface area contributed by atoms with Crippen LogP contribution >= 0.6 is 0 Å². The second kappa shape index (κ2) is 6.54. The fourth-order valence-corrected chi connectivity index (χ4v) is 2.09. The molecule has 0 unspecified atom stereocenters. The summed E-state index contributed by atoms with van der Waals surface area (Å²) in [5.74, 6) is 0. The van der Waals surface area contributed by atoms with Crippen molar-refractivity contribution in [2.24, 2.45) is 5.73 Å². The molecule has 0 bridgehead atoms. The van der Waals surface area contributed by atoms with Gasteiger partial charge in [-0.3, -0.25) is 9.88 Å². The quantitative estimate of drug-likeness (QED) is 0.871. The van der Waals surface area contributed by atoms with Gasteiger partial charge in [0.25, 0.3) is 6.43 Å². The zero-order chi connectivity index (χ0) is 13.7. The van der Waals surface area contributed by atoms with E-state index >= 15 is 0 Å². The molecule has 0 aliphatic heterocycles. The number of nitrogens with two attached hydrogens (primary N) is 1. The number of fused-ring (bicyclic) bond motifs is 1. The molecule has 2 N–H and O–H groups in total. The molecule has 1 aromatic heterocycles. The molecule has 3 nitrogen and oxygen atoms in total. The third-order valence-corrected chi connectivity index (χ3v) is 2.92. The summed E-state index contributed by atoms with van der Waals surface area (Å²) in [6.07, 6.45) is -0.604. The molecular weight excluding hydrogens is 248 g/mol. The molecule has 0 fully saturated rings. The van der Waals surface area contributed by atoms with E-state index in [1.165, 1.54) is 0 Å². The molecule has 2 rings (SSSR count). The van der Waals surface area contributed by atoms with Crippen LogP contribution in [-0.4, -0.2) is 35.9 Å². The van der Waals surface area contributed by atoms with Crippen molar-refractivity contribution in [3.05, 3.63) is 42.1 Å². The van der Waals surface area contributed by atoms with Crippen LogP contribution in [0.4, 0.5) is 8.78 Å². The summed E-state index contributed by atoms with van der Waals surface area (Å²) in [4.78, 5) is 5.90. The first-order valence-corrected chi connectivity index (χ1v) is 6.23. The van der Waals surface area contributed by atoms with Crippen molar-refractivity contribution < 1.29 is 8.78 Å². The van der Waals surface area contributed by atoms with Crippen LogP contribution in [0.3, 0.4) is 0 Å². The molecule has 0 saturated carbocycles. The van der Waals surface area contributed by atoms with E-state index < -0.39 is 6.43 Å². The van der Waals surface area contributed by atoms with Gasteiger partial charge in [-0.05, 0) is 23.8 Å². The summed E-state index contributed by atoms with van der Waals surface area (Å²) in [6, 6.07) is 9.64. The molecule has 0 aliphatic rings. The van der Waals surface area contributed by atoms with Crippen LogP contribution in [0.5, 0.6) is 0 Å². The lowest BCUT2D eigenvalue weighted by molar-refractivity contribution is 0.0862. The average Bonchev–Trinajstić information content (AvgIpc) is 2.38. The summed E-state index contributed by atoms with van der Waals surface area (Å²) in [7, 11) is 0. The number of halogens is 2. The van der Waals surface area contributed by atoms with Crippen LogP contribution in [0.1, 0.15) is 5.56 Å². The fraction of sp³-hybridized carbons (Fsp3) is 0.357. The Kier molecular flexibility index (Phi) is 4.76. The van der Waals surface area contributed by atoms with Gasteiger partial charge in [-0.2, -0.15) is 0 Å². The Morgan fingerprint density at radius 2 is 2.11 bits per heavy atom. The van der Waals surface area contributed by atoms with E-state index in [9.17, 15) is 8.78 Å². The molecule has 1 heterocycles. The van der Waals surface area contributed by atoms with Crippen LogP contribution in [0.2, 0.25) is 0 Å². The lowest BCUT2D eigenvalue weighted by Gasteiger charge is -2.21. The maximum Gasteiger partial charge on any atom is 0.251 e. The van der Waals surface area contributed by atoms with Crippen molar-refractivity contribution >= 4 is 10.9 Å². The predicted molar refractivity (Wildman–Crippen MR) is 72.1 cm³/mol. The number of aromatic nitrogens is 1. The molecule has 102 valence electrons. The van der Waals surface area contributed by atoms with E-state index in [1.54, 1.807) is 11.1 Å². The minimum absolute atomic E-state index is 0.248. The minimum atomic E-state index is -2.34. The lowest BCUT2D eigenvalue weighted by atomic mass is 10.1. The van der Waals surface area contributed by atoms with Gasteiger partial charge in [-0.1, -0.05) is 12.1 Å². The van der Waals surface area contributed by atoms with Gasteiger partial charge < -0.3 is 5.73 Å². The van der Waals surface area contributed by atoms with Gasteiger partial charge in [-0.15, -0.1) is 0 Å². The smallest absolute Gasteiger partial charge is 0.251 e. The Morgan fingerprint density at radius 3 is 2.84 bits per heavy atom. The molecule has 5 heteroatoms. The zero-order valence-corrected chi connectivity index (χ0v) is 10.6. The fourth-order valence-electron chi connectivity index (χ4n) is 2.09. The van der Waals surface area contributed by atoms with Gasteiger partial charge in [-0.25, -0.2) is 8.78 Å². The van der Waals surface area contributed by atoms with Gasteiger partial charge >= 0.3 is 0 Å². The van der Waals surface area contributed by atoms with Crippen molar-refractivity contribution in [1.29, 1.82) is 0 Å². The number of nitrogens with zero attached hydrogens (tertiary/aromatic N) is 2. The van der Waals surface area contributed by atoms with E-state index in [1.807, 2.05) is 30.3 Å². The maximum absolute atomic E-state index is 12.5. The number of alkyl halides is 2. The Morgan fingerprint density at radius 1 is 1.26 bits per heavy atom. The van der Waals surface area contributed by atoms with Crippen LogP contribution in [-0.2, 0) is 6.54 Å². The number of benzene rings is 1. The third kappa shape index (κ3) is 3.94. The van der Waals surface area contributed by atoms with Gasteiger partial charge in [0.1, 0.15) is 0 Å². The molecule has 2 aromatic rings. The van der Waals surface area contributed by atoms with Gasteiger partial charge in [0.2, 0.25) is 0 Å². The Hall–Kier alpha value is -1.59. The highest BCUT2D eigenvalue weighted by atomic mass is 19.3. The number of hydrogen-bond donors (Lipinski definition) is 1. The Labute approximate surface area is 111 Å². The van der Waals surface area contributed by atoms with E-state index in [-0.39, 0.29) is 6.54 Å². The molecule has 0 amide bonds. The summed E-state index contributed by atoms with van der Waals surface area (Å²) >= 11 is 0. The normalized spacial score (nSPS) is 11.6. The molecule has 0 atom stereocenters. The third-order valence-electron chi connectivity index (χ3n) is 2.92. The minimum Gasteiger partial charge on any atom is -0.329 e. The van der Waals surface area contributed by atoms with Crippen molar-refractivity contribution in [2.75, 3.05) is 19.6 Å². The summed E-state index contributed by atoms with van der Waals surface area (Å²) in [5, 5.41) is 1.02. The molecule has 0 spiro atoms. The van der Waals surface area contributed by atoms with E-state index in [0.717, 1.165) is 16.5 Å². The standard InChI is InChI=1S/C14H17F2N3/c15-14(16)10-19(7-5-17)9-11-3-4-13-12(8-11)2-1-6-18-13/h1-4,6,8,14H,5,7,9-10,17H2. The van der Waals surface area contributed by atoms with Crippen molar-refractivity contribution in [2.45, 2.75) is 13.0 Å². The summed E-state index contributed by atoms with van der Waals surface area (Å²) < 4.78 is 24.9. The molecule has 0 saturated heterocycles. The molecule has 0 radical (unpaired) electrons. The van der Waals surface area contributed by atoms with Gasteiger partial charge in [0, 0.05) is 31.2 Å². The molecule has 19 heavy (non-hydrogen) atoms. The van der Waals surface area contributed by atoms with Gasteiger partial charge in [0.05, 0.1) is 12.1 Å². The molecule has 1 aromatic carbocycles. The first-order valence-electron chi connectivity index (χ1n) is 6.23. The topological polar surface area (TPSA) is 42.1 Å². The van der Waals surface area contributed by atoms with E-state index in [4.69, 9.17) is 5.73 Å².